The third-order valence-corrected chi connectivity index (χ3v) is 1.57. The zero-order valence-corrected chi connectivity index (χ0v) is 9.87. The van der Waals surface area contributed by atoms with Crippen molar-refractivity contribution in [3.05, 3.63) is 24.3 Å². The highest BCUT2D eigenvalue weighted by atomic mass is 16.1. The average Bonchev–Trinajstić information content (AvgIpc) is 3.24. The molecule has 0 aromatic heterocycles. The normalized spacial score (nSPS) is 20.9. The molecule has 0 aromatic rings. The van der Waals surface area contributed by atoms with Gasteiger partial charge in [-0.3, -0.25) is 9.59 Å². The van der Waals surface area contributed by atoms with Crippen molar-refractivity contribution in [1.29, 1.82) is 0 Å². The molecule has 4 aliphatic rings. The molecule has 0 aromatic carbocycles. The van der Waals surface area contributed by atoms with Crippen LogP contribution in [0.25, 0.3) is 0 Å². The highest BCUT2D eigenvalue weighted by Crippen LogP contribution is 1.90. The molecule has 0 atom stereocenters. The van der Waals surface area contributed by atoms with Gasteiger partial charge in [0.2, 0.25) is 0 Å². The van der Waals surface area contributed by atoms with Crippen molar-refractivity contribution in [3.63, 3.8) is 0 Å². The summed E-state index contributed by atoms with van der Waals surface area (Å²) in [6.07, 6.45) is 5.01. The van der Waals surface area contributed by atoms with Gasteiger partial charge in [-0.2, -0.15) is 0 Å². The zero-order chi connectivity index (χ0) is 12.3. The molecule has 0 spiro atoms. The van der Waals surface area contributed by atoms with Crippen LogP contribution in [0.4, 0.5) is 0 Å². The second-order valence-electron chi connectivity index (χ2n) is 3.72. The topological polar surface area (TPSA) is 100.0 Å². The predicted octanol–water partition coefficient (Wildman–Crippen LogP) is -0.981. The van der Waals surface area contributed by atoms with E-state index in [1.54, 1.807) is 0 Å². The fourth-order valence-corrected chi connectivity index (χ4v) is 0.440. The molecule has 3 fully saturated rings. The van der Waals surface area contributed by atoms with Crippen molar-refractivity contribution in [3.8, 4) is 0 Å². The Morgan fingerprint density at radius 2 is 0.765 bits per heavy atom. The van der Waals surface area contributed by atoms with E-state index in [0.29, 0.717) is 0 Å². The van der Waals surface area contributed by atoms with E-state index in [1.165, 1.54) is 63.6 Å². The summed E-state index contributed by atoms with van der Waals surface area (Å²) in [5.41, 5.74) is 0. The molecule has 5 heteroatoms. The monoisotopic (exact) mass is 237 g/mol. The number of rotatable bonds is 0. The van der Waals surface area contributed by atoms with Gasteiger partial charge in [-0.05, 0) is 24.3 Å². The van der Waals surface area contributed by atoms with Gasteiger partial charge in [0.05, 0.1) is 0 Å². The Morgan fingerprint density at radius 1 is 0.588 bits per heavy atom. The first kappa shape index (κ1) is 13.8. The van der Waals surface area contributed by atoms with Crippen LogP contribution < -0.4 is 16.0 Å². The Balaban J connectivity index is 0.000000130. The molecule has 17 heavy (non-hydrogen) atoms. The van der Waals surface area contributed by atoms with E-state index < -0.39 is 0 Å². The molecule has 3 saturated heterocycles. The third kappa shape index (κ3) is 17.3. The van der Waals surface area contributed by atoms with E-state index in [1.807, 2.05) is 0 Å². The average molecular weight is 237 g/mol. The Labute approximate surface area is 101 Å². The van der Waals surface area contributed by atoms with Crippen molar-refractivity contribution in [1.82, 2.24) is 16.0 Å². The standard InChI is InChI=1S/C6H4O2.3C2H5N/c7-5-1-2-6(8)4-3-5;3*1-2-3-1/h1-4H;3*3H,1-2H2. The van der Waals surface area contributed by atoms with E-state index in [-0.39, 0.29) is 11.6 Å². The van der Waals surface area contributed by atoms with Crippen LogP contribution in [0.5, 0.6) is 0 Å². The van der Waals surface area contributed by atoms with Crippen LogP contribution in [0.2, 0.25) is 0 Å². The van der Waals surface area contributed by atoms with Gasteiger partial charge in [-0.1, -0.05) is 0 Å². The largest absolute Gasteiger partial charge is 0.314 e. The summed E-state index contributed by atoms with van der Waals surface area (Å²) in [5, 5.41) is 9.00. The first-order valence-corrected chi connectivity index (χ1v) is 5.85. The Hall–Kier alpha value is -1.30. The van der Waals surface area contributed by atoms with Gasteiger partial charge in [0.25, 0.3) is 0 Å². The molecule has 4 rings (SSSR count). The minimum Gasteiger partial charge on any atom is -0.314 e. The minimum atomic E-state index is -0.121. The highest BCUT2D eigenvalue weighted by Gasteiger charge is 1.98. The van der Waals surface area contributed by atoms with Gasteiger partial charge in [-0.25, -0.2) is 0 Å². The van der Waals surface area contributed by atoms with Crippen LogP contribution in [-0.4, -0.2) is 50.8 Å². The molecule has 0 radical (unpaired) electrons. The quantitative estimate of drug-likeness (QED) is 0.371. The lowest BCUT2D eigenvalue weighted by molar-refractivity contribution is -0.113. The van der Waals surface area contributed by atoms with Crippen LogP contribution in [0.1, 0.15) is 0 Å². The molecule has 3 aliphatic heterocycles. The predicted molar refractivity (Wildman–Crippen MR) is 66.9 cm³/mol. The van der Waals surface area contributed by atoms with Gasteiger partial charge in [0.15, 0.2) is 11.6 Å². The van der Waals surface area contributed by atoms with Gasteiger partial charge < -0.3 is 16.0 Å². The number of hydrogen-bond acceptors (Lipinski definition) is 5. The van der Waals surface area contributed by atoms with Crippen LogP contribution in [0.3, 0.4) is 0 Å². The summed E-state index contributed by atoms with van der Waals surface area (Å²) >= 11 is 0. The fourth-order valence-electron chi connectivity index (χ4n) is 0.440. The molecule has 94 valence electrons. The molecule has 1 aliphatic carbocycles. The molecule has 0 saturated carbocycles. The Morgan fingerprint density at radius 3 is 0.882 bits per heavy atom. The SMILES string of the molecule is C1CN1.C1CN1.C1CN1.O=C1C=CC(=O)C=C1. The maximum absolute atomic E-state index is 10.3. The van der Waals surface area contributed by atoms with Crippen molar-refractivity contribution in [2.24, 2.45) is 0 Å². The molecule has 5 nitrogen and oxygen atoms in total. The van der Waals surface area contributed by atoms with Crippen LogP contribution in [0.15, 0.2) is 24.3 Å². The summed E-state index contributed by atoms with van der Waals surface area (Å²) in [4.78, 5) is 20.6. The first-order chi connectivity index (χ1) is 8.29. The number of carbonyl (C=O) groups excluding carboxylic acids is 2. The number of nitrogens with one attached hydrogen (secondary N) is 3. The summed E-state index contributed by atoms with van der Waals surface area (Å²) in [6.45, 7) is 7.50. The Bertz CT molecular complexity index is 244. The molecule has 0 bridgehead atoms. The second-order valence-corrected chi connectivity index (χ2v) is 3.72. The summed E-state index contributed by atoms with van der Waals surface area (Å²) in [5.74, 6) is -0.241. The van der Waals surface area contributed by atoms with E-state index in [4.69, 9.17) is 0 Å². The van der Waals surface area contributed by atoms with Crippen molar-refractivity contribution in [2.45, 2.75) is 0 Å². The van der Waals surface area contributed by atoms with E-state index in [0.717, 1.165) is 0 Å². The van der Waals surface area contributed by atoms with E-state index >= 15 is 0 Å². The molecule has 3 heterocycles. The van der Waals surface area contributed by atoms with E-state index in [9.17, 15) is 9.59 Å². The molecule has 3 N–H and O–H groups in total. The molecule has 0 unspecified atom stereocenters. The second kappa shape index (κ2) is 8.81. The van der Waals surface area contributed by atoms with Crippen molar-refractivity contribution in [2.75, 3.05) is 39.3 Å². The van der Waals surface area contributed by atoms with Gasteiger partial charge >= 0.3 is 0 Å². The maximum Gasteiger partial charge on any atom is 0.178 e. The van der Waals surface area contributed by atoms with Crippen LogP contribution in [0, 0.1) is 0 Å². The Kier molecular flexibility index (Phi) is 7.13. The number of ketones is 2. The van der Waals surface area contributed by atoms with Gasteiger partial charge in [0.1, 0.15) is 0 Å². The lowest BCUT2D eigenvalue weighted by Crippen LogP contribution is -1.97. The maximum atomic E-state index is 10.3. The lowest BCUT2D eigenvalue weighted by atomic mass is 10.2. The minimum absolute atomic E-state index is 0.121. The number of hydrogen-bond donors (Lipinski definition) is 3. The molecular weight excluding hydrogens is 218 g/mol. The number of carbonyl (C=O) groups is 2. The van der Waals surface area contributed by atoms with Gasteiger partial charge in [-0.15, -0.1) is 0 Å². The summed E-state index contributed by atoms with van der Waals surface area (Å²) in [7, 11) is 0. The molecular formula is C12H19N3O2. The fraction of sp³-hybridized carbons (Fsp3) is 0.500. The van der Waals surface area contributed by atoms with Crippen molar-refractivity contribution >= 4 is 11.6 Å². The first-order valence-electron chi connectivity index (χ1n) is 5.85. The third-order valence-electron chi connectivity index (χ3n) is 1.57. The summed E-state index contributed by atoms with van der Waals surface area (Å²) < 4.78 is 0. The smallest absolute Gasteiger partial charge is 0.178 e. The van der Waals surface area contributed by atoms with E-state index in [2.05, 4.69) is 16.0 Å². The zero-order valence-electron chi connectivity index (χ0n) is 9.87. The van der Waals surface area contributed by atoms with Crippen molar-refractivity contribution < 1.29 is 9.59 Å². The van der Waals surface area contributed by atoms with Crippen LogP contribution in [-0.2, 0) is 9.59 Å². The highest BCUT2D eigenvalue weighted by molar-refractivity contribution is 6.14. The lowest BCUT2D eigenvalue weighted by Gasteiger charge is -1.87. The van der Waals surface area contributed by atoms with Gasteiger partial charge in [0, 0.05) is 39.3 Å². The summed E-state index contributed by atoms with van der Waals surface area (Å²) in [6, 6.07) is 0. The number of allylic oxidation sites excluding steroid dienone is 4. The van der Waals surface area contributed by atoms with Crippen LogP contribution >= 0.6 is 0 Å². The molecule has 0 amide bonds.